The summed E-state index contributed by atoms with van der Waals surface area (Å²) in [6, 6.07) is 9.54. The number of amides is 1. The molecule has 1 aromatic carbocycles. The van der Waals surface area contributed by atoms with Crippen LogP contribution < -0.4 is 14.8 Å². The largest absolute Gasteiger partial charge is 0.493 e. The third-order valence-corrected chi connectivity index (χ3v) is 3.82. The van der Waals surface area contributed by atoms with Crippen molar-refractivity contribution in [3.05, 3.63) is 52.2 Å². The average Bonchev–Trinajstić information content (AvgIpc) is 3.05. The smallest absolute Gasteiger partial charge is 0.258 e. The number of nitrogens with one attached hydrogen (secondary N) is 1. The highest BCUT2D eigenvalue weighted by Crippen LogP contribution is 2.28. The van der Waals surface area contributed by atoms with Gasteiger partial charge in [-0.25, -0.2) is 0 Å². The molecule has 0 radical (unpaired) electrons. The maximum atomic E-state index is 11.8. The average molecular weight is 317 g/mol. The summed E-state index contributed by atoms with van der Waals surface area (Å²) in [4.78, 5) is 12.9. The first-order chi connectivity index (χ1) is 10.7. The molecule has 5 heteroatoms. The molecule has 0 aliphatic rings. The van der Waals surface area contributed by atoms with Gasteiger partial charge in [0.25, 0.3) is 5.91 Å². The molecule has 0 aliphatic heterocycles. The molecule has 1 amide bonds. The summed E-state index contributed by atoms with van der Waals surface area (Å²) in [5, 5.41) is 4.80. The molecule has 0 bridgehead atoms. The molecule has 0 unspecified atom stereocenters. The van der Waals surface area contributed by atoms with Gasteiger partial charge in [0.15, 0.2) is 18.1 Å². The van der Waals surface area contributed by atoms with E-state index in [1.54, 1.807) is 24.5 Å². The minimum atomic E-state index is -0.159. The Hall–Kier alpha value is -2.27. The Balaban J connectivity index is 1.88. The third-order valence-electron chi connectivity index (χ3n) is 2.95. The first-order valence-corrected chi connectivity index (χ1v) is 7.83. The standard InChI is InChI=1S/C17H19NO3S/c1-3-5-13-7-8-15(16(10-13)20-2)21-12-17(19)18-11-14-6-4-9-22-14/h3-10H,11-12H2,1-2H3,(H,18,19)/b5-3+. The molecule has 22 heavy (non-hydrogen) atoms. The molecule has 2 rings (SSSR count). The van der Waals surface area contributed by atoms with Gasteiger partial charge >= 0.3 is 0 Å². The molecule has 0 fully saturated rings. The fourth-order valence-electron chi connectivity index (χ4n) is 1.89. The number of ether oxygens (including phenoxy) is 2. The van der Waals surface area contributed by atoms with Crippen molar-refractivity contribution in [2.45, 2.75) is 13.5 Å². The lowest BCUT2D eigenvalue weighted by Crippen LogP contribution is -2.28. The van der Waals surface area contributed by atoms with Crippen LogP contribution in [0.4, 0.5) is 0 Å². The lowest BCUT2D eigenvalue weighted by Gasteiger charge is -2.11. The molecule has 2 aromatic rings. The van der Waals surface area contributed by atoms with E-state index in [1.165, 1.54) is 0 Å². The van der Waals surface area contributed by atoms with Gasteiger partial charge in [-0.2, -0.15) is 0 Å². The van der Waals surface area contributed by atoms with E-state index < -0.39 is 0 Å². The van der Waals surface area contributed by atoms with Crippen LogP contribution in [0.3, 0.4) is 0 Å². The summed E-state index contributed by atoms with van der Waals surface area (Å²) in [6.07, 6.45) is 3.92. The van der Waals surface area contributed by atoms with Crippen LogP contribution in [0.2, 0.25) is 0 Å². The van der Waals surface area contributed by atoms with Crippen molar-refractivity contribution < 1.29 is 14.3 Å². The number of carbonyl (C=O) groups excluding carboxylic acids is 1. The summed E-state index contributed by atoms with van der Waals surface area (Å²) in [6.45, 7) is 2.44. The van der Waals surface area contributed by atoms with E-state index in [0.717, 1.165) is 10.4 Å². The molecule has 1 N–H and O–H groups in total. The Bertz CT molecular complexity index is 635. The fourth-order valence-corrected chi connectivity index (χ4v) is 2.54. The van der Waals surface area contributed by atoms with Crippen LogP contribution in [0.1, 0.15) is 17.4 Å². The zero-order valence-electron chi connectivity index (χ0n) is 12.7. The van der Waals surface area contributed by atoms with E-state index in [2.05, 4.69) is 5.32 Å². The SMILES string of the molecule is C/C=C/c1ccc(OCC(=O)NCc2cccs2)c(OC)c1. The number of hydrogen-bond acceptors (Lipinski definition) is 4. The van der Waals surface area contributed by atoms with E-state index in [0.29, 0.717) is 18.0 Å². The van der Waals surface area contributed by atoms with Gasteiger partial charge in [0.1, 0.15) is 0 Å². The van der Waals surface area contributed by atoms with Crippen LogP contribution in [0.5, 0.6) is 11.5 Å². The van der Waals surface area contributed by atoms with Crippen molar-refractivity contribution in [2.24, 2.45) is 0 Å². The second-order valence-electron chi connectivity index (χ2n) is 4.56. The maximum absolute atomic E-state index is 11.8. The summed E-state index contributed by atoms with van der Waals surface area (Å²) < 4.78 is 10.8. The van der Waals surface area contributed by atoms with E-state index in [1.807, 2.05) is 48.7 Å². The van der Waals surface area contributed by atoms with Crippen LogP contribution in [-0.4, -0.2) is 19.6 Å². The zero-order chi connectivity index (χ0) is 15.8. The molecule has 1 aromatic heterocycles. The predicted octanol–water partition coefficient (Wildman–Crippen LogP) is 3.49. The third kappa shape index (κ3) is 4.63. The minimum absolute atomic E-state index is 0.0370. The lowest BCUT2D eigenvalue weighted by molar-refractivity contribution is -0.123. The van der Waals surface area contributed by atoms with Crippen molar-refractivity contribution in [3.8, 4) is 11.5 Å². The van der Waals surface area contributed by atoms with Gasteiger partial charge in [-0.05, 0) is 36.1 Å². The Morgan fingerprint density at radius 3 is 2.86 bits per heavy atom. The quantitative estimate of drug-likeness (QED) is 0.850. The maximum Gasteiger partial charge on any atom is 0.258 e. The molecule has 116 valence electrons. The number of carbonyl (C=O) groups is 1. The van der Waals surface area contributed by atoms with Crippen molar-refractivity contribution in [2.75, 3.05) is 13.7 Å². The van der Waals surface area contributed by atoms with Gasteiger partial charge in [0, 0.05) is 4.88 Å². The van der Waals surface area contributed by atoms with Gasteiger partial charge in [-0.15, -0.1) is 11.3 Å². The van der Waals surface area contributed by atoms with E-state index in [4.69, 9.17) is 9.47 Å². The van der Waals surface area contributed by atoms with Gasteiger partial charge in [0.2, 0.25) is 0 Å². The highest BCUT2D eigenvalue weighted by Gasteiger charge is 2.08. The predicted molar refractivity (Wildman–Crippen MR) is 89.4 cm³/mol. The van der Waals surface area contributed by atoms with Crippen molar-refractivity contribution >= 4 is 23.3 Å². The van der Waals surface area contributed by atoms with Crippen molar-refractivity contribution in [1.82, 2.24) is 5.32 Å². The number of benzene rings is 1. The number of rotatable bonds is 7. The summed E-state index contributed by atoms with van der Waals surface area (Å²) in [5.41, 5.74) is 1.02. The minimum Gasteiger partial charge on any atom is -0.493 e. The summed E-state index contributed by atoms with van der Waals surface area (Å²) in [7, 11) is 1.58. The molecule has 1 heterocycles. The van der Waals surface area contributed by atoms with Gasteiger partial charge in [-0.1, -0.05) is 24.3 Å². The lowest BCUT2D eigenvalue weighted by atomic mass is 10.2. The molecule has 0 saturated carbocycles. The topological polar surface area (TPSA) is 47.6 Å². The Morgan fingerprint density at radius 1 is 1.32 bits per heavy atom. The van der Waals surface area contributed by atoms with E-state index >= 15 is 0 Å². The van der Waals surface area contributed by atoms with Crippen LogP contribution in [0, 0.1) is 0 Å². The monoisotopic (exact) mass is 317 g/mol. The first-order valence-electron chi connectivity index (χ1n) is 6.95. The summed E-state index contributed by atoms with van der Waals surface area (Å²) >= 11 is 1.61. The number of hydrogen-bond donors (Lipinski definition) is 1. The Labute approximate surface area is 134 Å². The van der Waals surface area contributed by atoms with E-state index in [-0.39, 0.29) is 12.5 Å². The number of methoxy groups -OCH3 is 1. The van der Waals surface area contributed by atoms with Gasteiger partial charge in [0.05, 0.1) is 13.7 Å². The Kier molecular flexibility index (Phi) is 6.03. The second-order valence-corrected chi connectivity index (χ2v) is 5.59. The number of thiophene rings is 1. The number of allylic oxidation sites excluding steroid dienone is 1. The highest BCUT2D eigenvalue weighted by atomic mass is 32.1. The van der Waals surface area contributed by atoms with Crippen molar-refractivity contribution in [1.29, 1.82) is 0 Å². The molecule has 0 saturated heterocycles. The molecule has 4 nitrogen and oxygen atoms in total. The normalized spacial score (nSPS) is 10.6. The van der Waals surface area contributed by atoms with E-state index in [9.17, 15) is 4.79 Å². The highest BCUT2D eigenvalue weighted by molar-refractivity contribution is 7.09. The molecule has 0 spiro atoms. The summed E-state index contributed by atoms with van der Waals surface area (Å²) in [5.74, 6) is 1.01. The second kappa shape index (κ2) is 8.24. The van der Waals surface area contributed by atoms with Crippen LogP contribution in [0.15, 0.2) is 41.8 Å². The molecule has 0 aliphatic carbocycles. The molecular weight excluding hydrogens is 298 g/mol. The van der Waals surface area contributed by atoms with Gasteiger partial charge in [-0.3, -0.25) is 4.79 Å². The zero-order valence-corrected chi connectivity index (χ0v) is 13.5. The van der Waals surface area contributed by atoms with Crippen LogP contribution >= 0.6 is 11.3 Å². The molecular formula is C17H19NO3S. The van der Waals surface area contributed by atoms with Crippen LogP contribution in [-0.2, 0) is 11.3 Å². The van der Waals surface area contributed by atoms with Crippen LogP contribution in [0.25, 0.3) is 6.08 Å². The van der Waals surface area contributed by atoms with Gasteiger partial charge < -0.3 is 14.8 Å². The fraction of sp³-hybridized carbons (Fsp3) is 0.235. The molecule has 0 atom stereocenters. The first kappa shape index (κ1) is 16.1. The Morgan fingerprint density at radius 2 is 2.18 bits per heavy atom. The van der Waals surface area contributed by atoms with Crippen molar-refractivity contribution in [3.63, 3.8) is 0 Å².